The van der Waals surface area contributed by atoms with Gasteiger partial charge in [0.1, 0.15) is 6.61 Å². The number of benzene rings is 4. The van der Waals surface area contributed by atoms with E-state index in [9.17, 15) is 9.59 Å². The largest absolute Gasteiger partial charge is 0.490 e. The van der Waals surface area contributed by atoms with E-state index < -0.39 is 6.09 Å². The first-order valence-electron chi connectivity index (χ1n) is 20.0. The molecular formula is C47H51N3O7. The standard InChI is InChI=1S/C47H51N3O7/c1-6-53-42-21-18-31(25-43(42)54-7-2)24-41-39-27-45(56-9-4)44(55-8-3)26-32(39)22-23-50(41)46(51)34-20-19-33(49-30(34)5)28-48-47(52)57-29-40-37-16-12-10-14-35(37)36-15-11-13-17-38(36)40/h10-21,25-27,40-41H,6-9,22-24,28-29H2,1-5H3,(H,48,52). The Morgan fingerprint density at radius 3 is 1.98 bits per heavy atom. The zero-order valence-corrected chi connectivity index (χ0v) is 33.4. The van der Waals surface area contributed by atoms with Crippen molar-refractivity contribution in [3.63, 3.8) is 0 Å². The van der Waals surface area contributed by atoms with Crippen molar-refractivity contribution >= 4 is 12.0 Å². The molecule has 0 radical (unpaired) electrons. The van der Waals surface area contributed by atoms with E-state index in [1.165, 1.54) is 11.1 Å². The molecule has 4 aromatic carbocycles. The van der Waals surface area contributed by atoms with Crippen molar-refractivity contribution in [2.75, 3.05) is 39.6 Å². The van der Waals surface area contributed by atoms with Gasteiger partial charge < -0.3 is 33.9 Å². The van der Waals surface area contributed by atoms with Crippen molar-refractivity contribution in [1.29, 1.82) is 0 Å². The van der Waals surface area contributed by atoms with Crippen LogP contribution in [0.5, 0.6) is 23.0 Å². The molecule has 0 fully saturated rings. The molecule has 10 heteroatoms. The third-order valence-electron chi connectivity index (χ3n) is 10.6. The number of hydrogen-bond acceptors (Lipinski definition) is 8. The number of ether oxygens (including phenoxy) is 5. The van der Waals surface area contributed by atoms with Crippen molar-refractivity contribution in [2.24, 2.45) is 0 Å². The Morgan fingerprint density at radius 1 is 0.719 bits per heavy atom. The molecule has 5 aromatic rings. The molecule has 1 aromatic heterocycles. The zero-order chi connectivity index (χ0) is 39.9. The summed E-state index contributed by atoms with van der Waals surface area (Å²) in [5, 5.41) is 2.85. The number of carbonyl (C=O) groups is 2. The van der Waals surface area contributed by atoms with Crippen molar-refractivity contribution in [1.82, 2.24) is 15.2 Å². The minimum Gasteiger partial charge on any atom is -0.490 e. The molecule has 57 heavy (non-hydrogen) atoms. The lowest BCUT2D eigenvalue weighted by Crippen LogP contribution is -2.41. The summed E-state index contributed by atoms with van der Waals surface area (Å²) in [5.74, 6) is 2.58. The van der Waals surface area contributed by atoms with E-state index in [1.807, 2.05) is 88.0 Å². The molecule has 1 aliphatic carbocycles. The second kappa shape index (κ2) is 17.8. The third kappa shape index (κ3) is 8.40. The number of nitrogens with one attached hydrogen (secondary N) is 1. The van der Waals surface area contributed by atoms with E-state index in [1.54, 1.807) is 12.1 Å². The minimum atomic E-state index is -0.521. The molecule has 1 unspecified atom stereocenters. The summed E-state index contributed by atoms with van der Waals surface area (Å²) in [7, 11) is 0. The molecule has 0 bridgehead atoms. The Labute approximate surface area is 335 Å². The van der Waals surface area contributed by atoms with Crippen molar-refractivity contribution < 1.29 is 33.3 Å². The Bertz CT molecular complexity index is 2190. The van der Waals surface area contributed by atoms with Crippen LogP contribution >= 0.6 is 0 Å². The fraction of sp³-hybridized carbons (Fsp3) is 0.340. The smallest absolute Gasteiger partial charge is 0.407 e. The summed E-state index contributed by atoms with van der Waals surface area (Å²) in [6.07, 6.45) is 0.679. The summed E-state index contributed by atoms with van der Waals surface area (Å²) in [5.41, 5.74) is 9.52. The highest BCUT2D eigenvalue weighted by Gasteiger charge is 2.34. The van der Waals surface area contributed by atoms with Gasteiger partial charge in [-0.15, -0.1) is 0 Å². The third-order valence-corrected chi connectivity index (χ3v) is 10.6. The molecule has 7 rings (SSSR count). The van der Waals surface area contributed by atoms with Crippen LogP contribution in [0.3, 0.4) is 0 Å². The fourth-order valence-electron chi connectivity index (χ4n) is 8.06. The molecular weight excluding hydrogens is 719 g/mol. The lowest BCUT2D eigenvalue weighted by Gasteiger charge is -2.38. The molecule has 1 aliphatic heterocycles. The number of pyridine rings is 1. The van der Waals surface area contributed by atoms with Gasteiger partial charge in [0.25, 0.3) is 5.91 Å². The first kappa shape index (κ1) is 39.2. The molecule has 296 valence electrons. The number of aryl methyl sites for hydroxylation is 1. The fourth-order valence-corrected chi connectivity index (χ4v) is 8.06. The number of hydrogen-bond donors (Lipinski definition) is 1. The maximum atomic E-state index is 14.6. The molecule has 0 saturated heterocycles. The van der Waals surface area contributed by atoms with Gasteiger partial charge in [-0.3, -0.25) is 9.78 Å². The maximum Gasteiger partial charge on any atom is 0.407 e. The van der Waals surface area contributed by atoms with E-state index in [0.717, 1.165) is 27.8 Å². The Balaban J connectivity index is 1.08. The van der Waals surface area contributed by atoms with Crippen LogP contribution in [0.1, 0.15) is 89.2 Å². The van der Waals surface area contributed by atoms with Gasteiger partial charge in [-0.2, -0.15) is 0 Å². The van der Waals surface area contributed by atoms with E-state index in [-0.39, 0.29) is 31.0 Å². The molecule has 1 N–H and O–H groups in total. The van der Waals surface area contributed by atoms with Gasteiger partial charge in [0.05, 0.1) is 56.0 Å². The normalized spacial score (nSPS) is 14.3. The number of rotatable bonds is 15. The Hall–Kier alpha value is -6.03. The summed E-state index contributed by atoms with van der Waals surface area (Å²) >= 11 is 0. The van der Waals surface area contributed by atoms with Gasteiger partial charge in [-0.05, 0) is 123 Å². The Kier molecular flexibility index (Phi) is 12.3. The molecule has 2 amide bonds. The van der Waals surface area contributed by atoms with Crippen LogP contribution in [0.2, 0.25) is 0 Å². The lowest BCUT2D eigenvalue weighted by molar-refractivity contribution is 0.0657. The zero-order valence-electron chi connectivity index (χ0n) is 33.4. The SMILES string of the molecule is CCOc1ccc(CC2c3cc(OCC)c(OCC)cc3CCN2C(=O)c2ccc(CNC(=O)OCC3c4ccccc4-c4ccccc43)nc2C)cc1OCC. The Morgan fingerprint density at radius 2 is 1.33 bits per heavy atom. The number of fused-ring (bicyclic) bond motifs is 4. The van der Waals surface area contributed by atoms with Gasteiger partial charge in [0.2, 0.25) is 0 Å². The summed E-state index contributed by atoms with van der Waals surface area (Å²) < 4.78 is 29.6. The van der Waals surface area contributed by atoms with Crippen molar-refractivity contribution in [3.05, 3.63) is 136 Å². The van der Waals surface area contributed by atoms with Crippen LogP contribution in [0.25, 0.3) is 11.1 Å². The van der Waals surface area contributed by atoms with Crippen LogP contribution in [0.15, 0.2) is 91.0 Å². The highest BCUT2D eigenvalue weighted by atomic mass is 16.5. The van der Waals surface area contributed by atoms with Crippen LogP contribution in [-0.2, 0) is 24.1 Å². The lowest BCUT2D eigenvalue weighted by atomic mass is 9.87. The van der Waals surface area contributed by atoms with Crippen molar-refractivity contribution in [3.8, 4) is 34.1 Å². The topological polar surface area (TPSA) is 108 Å². The highest BCUT2D eigenvalue weighted by Crippen LogP contribution is 2.45. The second-order valence-corrected chi connectivity index (χ2v) is 14.1. The van der Waals surface area contributed by atoms with Gasteiger partial charge in [0.15, 0.2) is 23.0 Å². The molecule has 1 atom stereocenters. The second-order valence-electron chi connectivity index (χ2n) is 14.1. The van der Waals surface area contributed by atoms with E-state index in [4.69, 9.17) is 28.7 Å². The molecule has 10 nitrogen and oxygen atoms in total. The van der Waals surface area contributed by atoms with Crippen LogP contribution in [0.4, 0.5) is 4.79 Å². The summed E-state index contributed by atoms with van der Waals surface area (Å²) in [6.45, 7) is 12.6. The highest BCUT2D eigenvalue weighted by molar-refractivity contribution is 5.95. The van der Waals surface area contributed by atoms with E-state index in [2.05, 4.69) is 35.6 Å². The number of amides is 2. The summed E-state index contributed by atoms with van der Waals surface area (Å²) in [4.78, 5) is 34.2. The average Bonchev–Trinajstić information content (AvgIpc) is 3.54. The van der Waals surface area contributed by atoms with E-state index >= 15 is 0 Å². The van der Waals surface area contributed by atoms with Gasteiger partial charge >= 0.3 is 6.09 Å². The van der Waals surface area contributed by atoms with Gasteiger partial charge in [-0.1, -0.05) is 54.6 Å². The first-order chi connectivity index (χ1) is 27.8. The summed E-state index contributed by atoms with van der Waals surface area (Å²) in [6, 6.07) is 29.9. The number of nitrogens with zero attached hydrogens (tertiary/aromatic N) is 2. The first-order valence-corrected chi connectivity index (χ1v) is 20.0. The van der Waals surface area contributed by atoms with Crippen LogP contribution in [-0.4, -0.2) is 61.5 Å². The predicted octanol–water partition coefficient (Wildman–Crippen LogP) is 9.01. The van der Waals surface area contributed by atoms with Crippen LogP contribution in [0, 0.1) is 6.92 Å². The molecule has 0 saturated carbocycles. The number of aromatic nitrogens is 1. The monoisotopic (exact) mass is 769 g/mol. The molecule has 0 spiro atoms. The quantitative estimate of drug-likeness (QED) is 0.112. The predicted molar refractivity (Wildman–Crippen MR) is 220 cm³/mol. The average molecular weight is 770 g/mol. The van der Waals surface area contributed by atoms with Gasteiger partial charge in [0, 0.05) is 12.5 Å². The minimum absolute atomic E-state index is 0.0296. The van der Waals surface area contributed by atoms with Gasteiger partial charge in [-0.25, -0.2) is 4.79 Å². The van der Waals surface area contributed by atoms with E-state index in [0.29, 0.717) is 85.8 Å². The maximum absolute atomic E-state index is 14.6. The van der Waals surface area contributed by atoms with Crippen LogP contribution < -0.4 is 24.3 Å². The number of carbonyl (C=O) groups excluding carboxylic acids is 2. The molecule has 2 heterocycles. The molecule has 2 aliphatic rings. The number of alkyl carbamates (subject to hydrolysis) is 1. The van der Waals surface area contributed by atoms with Crippen molar-refractivity contribution in [2.45, 2.75) is 66.0 Å².